The molecule has 0 aromatic carbocycles. The molecule has 1 fully saturated rings. The molecule has 9 nitrogen and oxygen atoms in total. The Kier molecular flexibility index (Phi) is 6.00. The SMILES string of the molecule is CCC(Cc1sccc1Cl)OC[C@H]1O[C@@H](n2cnc3c(N)ncnc32)[C@H](O)[C@@H]1O. The van der Waals surface area contributed by atoms with Crippen LogP contribution in [0.4, 0.5) is 5.82 Å². The number of aromatic nitrogens is 4. The molecule has 1 unspecified atom stereocenters. The lowest BCUT2D eigenvalue weighted by Crippen LogP contribution is -2.35. The molecular weight excluding hydrogens is 418 g/mol. The molecular formula is C18H22ClN5O4S. The van der Waals surface area contributed by atoms with Gasteiger partial charge in [-0.1, -0.05) is 18.5 Å². The summed E-state index contributed by atoms with van der Waals surface area (Å²) >= 11 is 7.76. The number of thiophene rings is 1. The number of nitrogens with two attached hydrogens (primary N) is 1. The number of imidazole rings is 1. The number of aliphatic hydroxyl groups excluding tert-OH is 2. The van der Waals surface area contributed by atoms with Gasteiger partial charge in [-0.3, -0.25) is 4.57 Å². The van der Waals surface area contributed by atoms with E-state index in [0.29, 0.717) is 17.6 Å². The maximum atomic E-state index is 10.5. The van der Waals surface area contributed by atoms with Crippen LogP contribution < -0.4 is 5.73 Å². The molecule has 156 valence electrons. The lowest BCUT2D eigenvalue weighted by Gasteiger charge is -2.20. The van der Waals surface area contributed by atoms with E-state index in [1.165, 1.54) is 12.7 Å². The monoisotopic (exact) mass is 439 g/mol. The molecule has 1 aliphatic heterocycles. The number of anilines is 1. The first kappa shape index (κ1) is 20.5. The van der Waals surface area contributed by atoms with Gasteiger partial charge >= 0.3 is 0 Å². The van der Waals surface area contributed by atoms with Gasteiger partial charge in [-0.2, -0.15) is 0 Å². The maximum absolute atomic E-state index is 10.5. The van der Waals surface area contributed by atoms with Gasteiger partial charge in [0.05, 0.1) is 24.1 Å². The molecule has 0 aliphatic carbocycles. The summed E-state index contributed by atoms with van der Waals surface area (Å²) in [6.45, 7) is 2.16. The van der Waals surface area contributed by atoms with E-state index < -0.39 is 24.5 Å². The Morgan fingerprint density at radius 3 is 2.90 bits per heavy atom. The molecule has 0 amide bonds. The van der Waals surface area contributed by atoms with Crippen LogP contribution in [0.1, 0.15) is 24.4 Å². The zero-order chi connectivity index (χ0) is 20.5. The lowest BCUT2D eigenvalue weighted by molar-refractivity contribution is -0.0811. The van der Waals surface area contributed by atoms with E-state index in [2.05, 4.69) is 15.0 Å². The van der Waals surface area contributed by atoms with Crippen molar-refractivity contribution < 1.29 is 19.7 Å². The first-order valence-electron chi connectivity index (χ1n) is 9.27. The van der Waals surface area contributed by atoms with E-state index in [9.17, 15) is 10.2 Å². The Hall–Kier alpha value is -1.82. The molecule has 5 atom stereocenters. The third-order valence-corrected chi connectivity index (χ3v) is 6.46. The Labute approximate surface area is 176 Å². The Morgan fingerprint density at radius 1 is 1.34 bits per heavy atom. The Balaban J connectivity index is 1.44. The van der Waals surface area contributed by atoms with Crippen LogP contribution in [0, 0.1) is 0 Å². The Morgan fingerprint density at radius 2 is 2.17 bits per heavy atom. The number of halogens is 1. The summed E-state index contributed by atoms with van der Waals surface area (Å²) in [5, 5.41) is 23.7. The van der Waals surface area contributed by atoms with Gasteiger partial charge in [0.15, 0.2) is 17.7 Å². The topological polar surface area (TPSA) is 129 Å². The highest BCUT2D eigenvalue weighted by molar-refractivity contribution is 7.10. The molecule has 3 aromatic heterocycles. The molecule has 3 aromatic rings. The molecule has 11 heteroatoms. The number of nitrogen functional groups attached to an aromatic ring is 1. The van der Waals surface area contributed by atoms with Crippen molar-refractivity contribution in [2.45, 2.75) is 50.4 Å². The third kappa shape index (κ3) is 3.96. The van der Waals surface area contributed by atoms with E-state index in [4.69, 9.17) is 26.8 Å². The highest BCUT2D eigenvalue weighted by Crippen LogP contribution is 2.32. The molecule has 0 saturated carbocycles. The van der Waals surface area contributed by atoms with E-state index in [1.54, 1.807) is 15.9 Å². The van der Waals surface area contributed by atoms with Gasteiger partial charge in [0.25, 0.3) is 0 Å². The van der Waals surface area contributed by atoms with Crippen LogP contribution in [0.15, 0.2) is 24.1 Å². The minimum absolute atomic E-state index is 0.0697. The molecule has 0 spiro atoms. The predicted octanol–water partition coefficient (Wildman–Crippen LogP) is 1.78. The highest BCUT2D eigenvalue weighted by Gasteiger charge is 2.44. The second-order valence-corrected chi connectivity index (χ2v) is 8.30. The van der Waals surface area contributed by atoms with Crippen LogP contribution in [0.3, 0.4) is 0 Å². The van der Waals surface area contributed by atoms with Gasteiger partial charge in [-0.05, 0) is 17.9 Å². The first-order valence-corrected chi connectivity index (χ1v) is 10.5. The molecule has 29 heavy (non-hydrogen) atoms. The minimum atomic E-state index is -1.16. The second kappa shape index (κ2) is 8.50. The fourth-order valence-electron chi connectivity index (χ4n) is 3.38. The zero-order valence-corrected chi connectivity index (χ0v) is 17.3. The molecule has 4 N–H and O–H groups in total. The first-order chi connectivity index (χ1) is 14.0. The molecule has 1 saturated heterocycles. The van der Waals surface area contributed by atoms with Crippen molar-refractivity contribution in [1.82, 2.24) is 19.5 Å². The van der Waals surface area contributed by atoms with Crippen LogP contribution in [0.2, 0.25) is 5.02 Å². The van der Waals surface area contributed by atoms with Crippen LogP contribution in [-0.4, -0.2) is 60.8 Å². The summed E-state index contributed by atoms with van der Waals surface area (Å²) in [5.41, 5.74) is 6.65. The second-order valence-electron chi connectivity index (χ2n) is 6.89. The van der Waals surface area contributed by atoms with Gasteiger partial charge in [0.2, 0.25) is 0 Å². The van der Waals surface area contributed by atoms with Gasteiger partial charge in [0.1, 0.15) is 30.2 Å². The number of nitrogens with zero attached hydrogens (tertiary/aromatic N) is 4. The lowest BCUT2D eigenvalue weighted by atomic mass is 10.1. The van der Waals surface area contributed by atoms with Crippen molar-refractivity contribution in [3.8, 4) is 0 Å². The van der Waals surface area contributed by atoms with Crippen molar-refractivity contribution in [2.24, 2.45) is 0 Å². The van der Waals surface area contributed by atoms with Crippen LogP contribution in [0.25, 0.3) is 11.2 Å². The number of fused-ring (bicyclic) bond motifs is 1. The van der Waals surface area contributed by atoms with E-state index in [1.807, 2.05) is 18.4 Å². The van der Waals surface area contributed by atoms with Crippen molar-refractivity contribution >= 4 is 39.9 Å². The Bertz CT molecular complexity index is 982. The fourth-order valence-corrected chi connectivity index (χ4v) is 4.56. The largest absolute Gasteiger partial charge is 0.387 e. The smallest absolute Gasteiger partial charge is 0.167 e. The van der Waals surface area contributed by atoms with Crippen molar-refractivity contribution in [3.05, 3.63) is 34.0 Å². The maximum Gasteiger partial charge on any atom is 0.167 e. The molecule has 4 heterocycles. The number of aliphatic hydroxyl groups is 2. The number of ether oxygens (including phenoxy) is 2. The van der Waals surface area contributed by atoms with Gasteiger partial charge < -0.3 is 25.4 Å². The number of rotatable bonds is 7. The summed E-state index contributed by atoms with van der Waals surface area (Å²) in [6.07, 6.45) is 0.353. The van der Waals surface area contributed by atoms with Crippen molar-refractivity contribution in [2.75, 3.05) is 12.3 Å². The quantitative estimate of drug-likeness (QED) is 0.508. The standard InChI is InChI=1S/C18H22ClN5O4S/c1-2-9(5-12-10(19)3-4-29-12)27-6-11-14(25)15(26)18(28-11)24-8-23-13-16(20)21-7-22-17(13)24/h3-4,7-9,11,14-15,18,25-26H,2,5-6H2,1H3,(H2,20,21,22)/t9?,11-,14-,15-,18-/m1/s1. The van der Waals surface area contributed by atoms with E-state index >= 15 is 0 Å². The van der Waals surface area contributed by atoms with E-state index in [0.717, 1.165) is 16.3 Å². The van der Waals surface area contributed by atoms with Gasteiger partial charge in [-0.15, -0.1) is 11.3 Å². The number of hydrogen-bond donors (Lipinski definition) is 3. The van der Waals surface area contributed by atoms with Crippen molar-refractivity contribution in [3.63, 3.8) is 0 Å². The molecule has 0 radical (unpaired) electrons. The molecule has 4 rings (SSSR count). The summed E-state index contributed by atoms with van der Waals surface area (Å²) in [6, 6.07) is 1.87. The van der Waals surface area contributed by atoms with Crippen molar-refractivity contribution in [1.29, 1.82) is 0 Å². The zero-order valence-electron chi connectivity index (χ0n) is 15.7. The highest BCUT2D eigenvalue weighted by atomic mass is 35.5. The number of hydrogen-bond acceptors (Lipinski definition) is 9. The summed E-state index contributed by atoms with van der Waals surface area (Å²) in [4.78, 5) is 13.3. The van der Waals surface area contributed by atoms with Crippen LogP contribution >= 0.6 is 22.9 Å². The van der Waals surface area contributed by atoms with Gasteiger partial charge in [0, 0.05) is 11.3 Å². The normalized spacial score (nSPS) is 25.7. The van der Waals surface area contributed by atoms with E-state index in [-0.39, 0.29) is 18.5 Å². The third-order valence-electron chi connectivity index (χ3n) is 5.05. The fraction of sp³-hybridized carbons (Fsp3) is 0.500. The average molecular weight is 440 g/mol. The molecule has 0 bridgehead atoms. The van der Waals surface area contributed by atoms with Gasteiger partial charge in [-0.25, -0.2) is 15.0 Å². The van der Waals surface area contributed by atoms with Crippen LogP contribution in [-0.2, 0) is 15.9 Å². The minimum Gasteiger partial charge on any atom is -0.387 e. The summed E-state index contributed by atoms with van der Waals surface area (Å²) < 4.78 is 13.4. The summed E-state index contributed by atoms with van der Waals surface area (Å²) in [5.74, 6) is 0.236. The van der Waals surface area contributed by atoms with Crippen LogP contribution in [0.5, 0.6) is 0 Å². The summed E-state index contributed by atoms with van der Waals surface area (Å²) in [7, 11) is 0. The predicted molar refractivity (Wildman–Crippen MR) is 109 cm³/mol. The average Bonchev–Trinajstić information content (AvgIpc) is 3.39. The molecule has 1 aliphatic rings.